The first-order valence-corrected chi connectivity index (χ1v) is 14.0. The van der Waals surface area contributed by atoms with E-state index in [-0.39, 0.29) is 5.41 Å². The Kier molecular flexibility index (Phi) is 4.15. The highest BCUT2D eigenvalue weighted by molar-refractivity contribution is 6.26. The molecular weight excluding hydrogens is 484 g/mol. The fraction of sp³-hybridized carbons (Fsp3) is 0.0789. The molecule has 0 saturated heterocycles. The molecule has 8 aromatic rings. The third kappa shape index (κ3) is 2.70. The van der Waals surface area contributed by atoms with Crippen LogP contribution < -0.4 is 0 Å². The van der Waals surface area contributed by atoms with Crippen LogP contribution in [0.5, 0.6) is 0 Å². The maximum Gasteiger partial charge on any atom is 0.138 e. The van der Waals surface area contributed by atoms with Crippen LogP contribution in [-0.4, -0.2) is 9.55 Å². The van der Waals surface area contributed by atoms with Gasteiger partial charge in [0.25, 0.3) is 0 Å². The Balaban J connectivity index is 1.38. The molecule has 0 aliphatic heterocycles. The molecule has 6 aromatic carbocycles. The fourth-order valence-electron chi connectivity index (χ4n) is 7.29. The maximum absolute atomic E-state index is 5.10. The predicted molar refractivity (Wildman–Crippen MR) is 169 cm³/mol. The van der Waals surface area contributed by atoms with E-state index >= 15 is 0 Å². The zero-order valence-corrected chi connectivity index (χ0v) is 22.4. The van der Waals surface area contributed by atoms with Crippen molar-refractivity contribution in [2.45, 2.75) is 19.3 Å². The molecule has 0 saturated carbocycles. The van der Waals surface area contributed by atoms with Crippen LogP contribution in [-0.2, 0) is 5.41 Å². The zero-order valence-electron chi connectivity index (χ0n) is 22.4. The number of benzene rings is 6. The number of hydrogen-bond acceptors (Lipinski definition) is 1. The van der Waals surface area contributed by atoms with Crippen molar-refractivity contribution in [1.29, 1.82) is 0 Å². The molecule has 0 bridgehead atoms. The largest absolute Gasteiger partial charge is 0.294 e. The van der Waals surface area contributed by atoms with Crippen LogP contribution >= 0.6 is 0 Å². The first kappa shape index (κ1) is 21.9. The van der Waals surface area contributed by atoms with Crippen LogP contribution in [0.1, 0.15) is 25.0 Å². The molecule has 40 heavy (non-hydrogen) atoms. The maximum atomic E-state index is 5.10. The summed E-state index contributed by atoms with van der Waals surface area (Å²) in [4.78, 5) is 5.10. The highest BCUT2D eigenvalue weighted by Gasteiger charge is 2.37. The van der Waals surface area contributed by atoms with Crippen molar-refractivity contribution in [3.05, 3.63) is 133 Å². The van der Waals surface area contributed by atoms with E-state index < -0.39 is 0 Å². The second-order valence-electron chi connectivity index (χ2n) is 11.6. The lowest BCUT2D eigenvalue weighted by Gasteiger charge is -2.22. The standard InChI is InChI=1S/C38H26N2/c1-38(2)33-20-30-26-14-6-4-12-24(26)23-11-3-5-13-25(23)29(30)19-31(33)32-21-37(39-22-34(32)38)40-35-17-9-7-15-27(35)28-16-8-10-18-36(28)40/h3-22H,1-2H3. The summed E-state index contributed by atoms with van der Waals surface area (Å²) in [6.45, 7) is 4.68. The summed E-state index contributed by atoms with van der Waals surface area (Å²) >= 11 is 0. The third-order valence-corrected chi connectivity index (χ3v) is 9.22. The van der Waals surface area contributed by atoms with Crippen LogP contribution in [0.4, 0.5) is 0 Å². The summed E-state index contributed by atoms with van der Waals surface area (Å²) in [5.41, 5.74) is 7.49. The van der Waals surface area contributed by atoms with Crippen LogP contribution in [0.3, 0.4) is 0 Å². The van der Waals surface area contributed by atoms with Gasteiger partial charge in [0.15, 0.2) is 0 Å². The van der Waals surface area contributed by atoms with Gasteiger partial charge < -0.3 is 0 Å². The van der Waals surface area contributed by atoms with Crippen molar-refractivity contribution in [3.8, 4) is 16.9 Å². The molecule has 2 heterocycles. The smallest absolute Gasteiger partial charge is 0.138 e. The van der Waals surface area contributed by atoms with Crippen LogP contribution in [0.2, 0.25) is 0 Å². The predicted octanol–water partition coefficient (Wildman–Crippen LogP) is 9.94. The number of fused-ring (bicyclic) bond motifs is 12. The molecule has 0 amide bonds. The van der Waals surface area contributed by atoms with Crippen LogP contribution in [0.25, 0.3) is 71.1 Å². The molecule has 0 radical (unpaired) electrons. The average molecular weight is 511 g/mol. The zero-order chi connectivity index (χ0) is 26.6. The first-order valence-electron chi connectivity index (χ1n) is 14.0. The average Bonchev–Trinajstić information content (AvgIpc) is 3.45. The van der Waals surface area contributed by atoms with Gasteiger partial charge in [0.2, 0.25) is 0 Å². The highest BCUT2D eigenvalue weighted by atomic mass is 15.1. The molecule has 9 rings (SSSR count). The molecule has 1 aliphatic rings. The normalized spacial score (nSPS) is 13.9. The Morgan fingerprint density at radius 3 is 1.50 bits per heavy atom. The van der Waals surface area contributed by atoms with Crippen molar-refractivity contribution in [2.24, 2.45) is 0 Å². The summed E-state index contributed by atoms with van der Waals surface area (Å²) in [5, 5.41) is 10.4. The van der Waals surface area contributed by atoms with E-state index in [2.05, 4.69) is 140 Å². The number of nitrogens with zero attached hydrogens (tertiary/aromatic N) is 2. The summed E-state index contributed by atoms with van der Waals surface area (Å²) in [7, 11) is 0. The summed E-state index contributed by atoms with van der Waals surface area (Å²) in [6, 6.07) is 42.2. The van der Waals surface area contributed by atoms with Crippen LogP contribution in [0, 0.1) is 0 Å². The second-order valence-corrected chi connectivity index (χ2v) is 11.6. The molecule has 0 atom stereocenters. The highest BCUT2D eigenvalue weighted by Crippen LogP contribution is 2.51. The van der Waals surface area contributed by atoms with Gasteiger partial charge >= 0.3 is 0 Å². The molecule has 188 valence electrons. The molecule has 2 heteroatoms. The van der Waals surface area contributed by atoms with E-state index in [0.717, 1.165) is 5.82 Å². The Bertz CT molecular complexity index is 2300. The number of pyridine rings is 1. The number of rotatable bonds is 1. The lowest BCUT2D eigenvalue weighted by molar-refractivity contribution is 0.657. The number of para-hydroxylation sites is 2. The Morgan fingerprint density at radius 1 is 0.475 bits per heavy atom. The fourth-order valence-corrected chi connectivity index (χ4v) is 7.29. The lowest BCUT2D eigenvalue weighted by Crippen LogP contribution is -2.15. The summed E-state index contributed by atoms with van der Waals surface area (Å²) in [6.07, 6.45) is 2.12. The van der Waals surface area contributed by atoms with Gasteiger partial charge in [-0.3, -0.25) is 4.57 Å². The van der Waals surface area contributed by atoms with E-state index in [1.807, 2.05) is 0 Å². The third-order valence-electron chi connectivity index (χ3n) is 9.22. The van der Waals surface area contributed by atoms with Gasteiger partial charge in [-0.25, -0.2) is 4.98 Å². The monoisotopic (exact) mass is 510 g/mol. The molecular formula is C38H26N2. The molecule has 2 aromatic heterocycles. The molecule has 0 fully saturated rings. The van der Waals surface area contributed by atoms with Crippen molar-refractivity contribution in [2.75, 3.05) is 0 Å². The van der Waals surface area contributed by atoms with E-state index in [0.29, 0.717) is 0 Å². The van der Waals surface area contributed by atoms with Gasteiger partial charge in [-0.2, -0.15) is 0 Å². The van der Waals surface area contributed by atoms with Crippen molar-refractivity contribution < 1.29 is 0 Å². The van der Waals surface area contributed by atoms with Gasteiger partial charge in [-0.1, -0.05) is 98.8 Å². The van der Waals surface area contributed by atoms with Gasteiger partial charge in [-0.15, -0.1) is 0 Å². The van der Waals surface area contributed by atoms with Gasteiger partial charge in [0, 0.05) is 22.4 Å². The Hall–Kier alpha value is -4.95. The number of aromatic nitrogens is 2. The van der Waals surface area contributed by atoms with Crippen molar-refractivity contribution >= 4 is 54.1 Å². The SMILES string of the molecule is CC1(C)c2cnc(-n3c4ccccc4c4ccccc43)cc2-c2cc3c4ccccc4c4ccccc4c3cc21. The minimum Gasteiger partial charge on any atom is -0.294 e. The van der Waals surface area contributed by atoms with Crippen molar-refractivity contribution in [1.82, 2.24) is 9.55 Å². The second kappa shape index (κ2) is 7.58. The lowest BCUT2D eigenvalue weighted by atomic mass is 9.81. The molecule has 1 aliphatic carbocycles. The van der Waals surface area contributed by atoms with Gasteiger partial charge in [-0.05, 0) is 84.9 Å². The number of hydrogen-bond donors (Lipinski definition) is 0. The Morgan fingerprint density at radius 2 is 0.925 bits per heavy atom. The van der Waals surface area contributed by atoms with E-state index in [9.17, 15) is 0 Å². The molecule has 0 N–H and O–H groups in total. The molecule has 2 nitrogen and oxygen atoms in total. The van der Waals surface area contributed by atoms with E-state index in [1.165, 1.54) is 76.4 Å². The minimum absolute atomic E-state index is 0.141. The van der Waals surface area contributed by atoms with Crippen molar-refractivity contribution in [3.63, 3.8) is 0 Å². The summed E-state index contributed by atoms with van der Waals surface area (Å²) in [5.74, 6) is 0.961. The molecule has 0 unspecified atom stereocenters. The first-order chi connectivity index (χ1) is 19.6. The van der Waals surface area contributed by atoms with Gasteiger partial charge in [0.05, 0.1) is 11.0 Å². The molecule has 0 spiro atoms. The van der Waals surface area contributed by atoms with E-state index in [4.69, 9.17) is 4.98 Å². The Labute approximate surface area is 232 Å². The topological polar surface area (TPSA) is 17.8 Å². The van der Waals surface area contributed by atoms with Crippen LogP contribution in [0.15, 0.2) is 121 Å². The minimum atomic E-state index is -0.141. The van der Waals surface area contributed by atoms with Gasteiger partial charge in [0.1, 0.15) is 5.82 Å². The quantitative estimate of drug-likeness (QED) is 0.201. The summed E-state index contributed by atoms with van der Waals surface area (Å²) < 4.78 is 2.32. The van der Waals surface area contributed by atoms with E-state index in [1.54, 1.807) is 0 Å².